The number of benzene rings is 2. The molecule has 1 N–H and O–H groups in total. The molecule has 0 aliphatic rings. The third-order valence-corrected chi connectivity index (χ3v) is 3.75. The maximum atomic E-state index is 13.2. The van der Waals surface area contributed by atoms with Gasteiger partial charge in [-0.15, -0.1) is 0 Å². The standard InChI is InChI=1S/C19H18F5NO3/c1-27-8-9-28-17-6-4-13(19(22,23)24)11-16(17)25-18(26)7-3-12-2-5-14(20)15(21)10-12/h2,4-6,10-11H,3,7-9H2,1H3,(H,25,26). The Morgan fingerprint density at radius 2 is 1.79 bits per heavy atom. The molecule has 9 heteroatoms. The van der Waals surface area contributed by atoms with Crippen molar-refractivity contribution < 1.29 is 36.2 Å². The number of methoxy groups -OCH3 is 1. The van der Waals surface area contributed by atoms with Gasteiger partial charge in [-0.05, 0) is 42.3 Å². The van der Waals surface area contributed by atoms with Crippen LogP contribution in [0, 0.1) is 11.6 Å². The van der Waals surface area contributed by atoms with E-state index in [0.29, 0.717) is 5.56 Å². The van der Waals surface area contributed by atoms with E-state index >= 15 is 0 Å². The highest BCUT2D eigenvalue weighted by Crippen LogP contribution is 2.35. The van der Waals surface area contributed by atoms with Crippen molar-refractivity contribution in [2.75, 3.05) is 25.6 Å². The van der Waals surface area contributed by atoms with E-state index in [1.54, 1.807) is 0 Å². The number of nitrogens with one attached hydrogen (secondary N) is 1. The molecule has 0 saturated carbocycles. The largest absolute Gasteiger partial charge is 0.489 e. The summed E-state index contributed by atoms with van der Waals surface area (Å²) in [5.74, 6) is -2.58. The van der Waals surface area contributed by atoms with E-state index < -0.39 is 29.3 Å². The van der Waals surface area contributed by atoms with Gasteiger partial charge in [0.1, 0.15) is 12.4 Å². The molecule has 0 bridgehead atoms. The quantitative estimate of drug-likeness (QED) is 0.519. The van der Waals surface area contributed by atoms with Crippen molar-refractivity contribution in [3.63, 3.8) is 0 Å². The maximum Gasteiger partial charge on any atom is 0.416 e. The topological polar surface area (TPSA) is 47.6 Å². The van der Waals surface area contributed by atoms with Crippen molar-refractivity contribution in [2.45, 2.75) is 19.0 Å². The summed E-state index contributed by atoms with van der Waals surface area (Å²) >= 11 is 0. The van der Waals surface area contributed by atoms with Gasteiger partial charge in [0.2, 0.25) is 5.91 Å². The summed E-state index contributed by atoms with van der Waals surface area (Å²) in [5.41, 5.74) is -0.696. The van der Waals surface area contributed by atoms with Gasteiger partial charge in [0.25, 0.3) is 0 Å². The van der Waals surface area contributed by atoms with Crippen LogP contribution in [0.4, 0.5) is 27.6 Å². The zero-order valence-electron chi connectivity index (χ0n) is 14.9. The van der Waals surface area contributed by atoms with Gasteiger partial charge in [-0.3, -0.25) is 4.79 Å². The van der Waals surface area contributed by atoms with Crippen LogP contribution in [0.15, 0.2) is 36.4 Å². The van der Waals surface area contributed by atoms with Crippen LogP contribution in [0.25, 0.3) is 0 Å². The number of rotatable bonds is 8. The fraction of sp³-hybridized carbons (Fsp3) is 0.316. The predicted octanol–water partition coefficient (Wildman–Crippen LogP) is 4.58. The third kappa shape index (κ3) is 6.19. The lowest BCUT2D eigenvalue weighted by atomic mass is 10.1. The summed E-state index contributed by atoms with van der Waals surface area (Å²) in [6, 6.07) is 5.97. The molecule has 2 rings (SSSR count). The number of hydrogen-bond acceptors (Lipinski definition) is 3. The fourth-order valence-corrected chi connectivity index (χ4v) is 2.33. The summed E-state index contributed by atoms with van der Waals surface area (Å²) < 4.78 is 75.1. The molecule has 0 radical (unpaired) electrons. The number of ether oxygens (including phenoxy) is 2. The highest BCUT2D eigenvalue weighted by molar-refractivity contribution is 5.92. The SMILES string of the molecule is COCCOc1ccc(C(F)(F)F)cc1NC(=O)CCc1ccc(F)c(F)c1. The molecule has 28 heavy (non-hydrogen) atoms. The minimum atomic E-state index is -4.59. The fourth-order valence-electron chi connectivity index (χ4n) is 2.33. The van der Waals surface area contributed by atoms with Gasteiger partial charge < -0.3 is 14.8 Å². The van der Waals surface area contributed by atoms with Gasteiger partial charge in [0.15, 0.2) is 11.6 Å². The van der Waals surface area contributed by atoms with Gasteiger partial charge >= 0.3 is 6.18 Å². The van der Waals surface area contributed by atoms with Crippen LogP contribution in [0.2, 0.25) is 0 Å². The van der Waals surface area contributed by atoms with E-state index in [1.807, 2.05) is 0 Å². The predicted molar refractivity (Wildman–Crippen MR) is 92.1 cm³/mol. The lowest BCUT2D eigenvalue weighted by Gasteiger charge is -2.15. The van der Waals surface area contributed by atoms with Crippen LogP contribution in [0.3, 0.4) is 0 Å². The second-order valence-electron chi connectivity index (χ2n) is 5.85. The molecule has 0 aliphatic carbocycles. The number of alkyl halides is 3. The van der Waals surface area contributed by atoms with Gasteiger partial charge in [-0.25, -0.2) is 8.78 Å². The van der Waals surface area contributed by atoms with Crippen LogP contribution in [0.1, 0.15) is 17.5 Å². The highest BCUT2D eigenvalue weighted by Gasteiger charge is 2.31. The summed E-state index contributed by atoms with van der Waals surface area (Å²) in [6.07, 6.45) is -4.64. The number of aryl methyl sites for hydroxylation is 1. The van der Waals surface area contributed by atoms with Crippen molar-refractivity contribution >= 4 is 11.6 Å². The number of carbonyl (C=O) groups excluding carboxylic acids is 1. The second kappa shape index (κ2) is 9.50. The summed E-state index contributed by atoms with van der Waals surface area (Å²) in [7, 11) is 1.44. The van der Waals surface area contributed by atoms with Crippen LogP contribution in [-0.2, 0) is 22.1 Å². The summed E-state index contributed by atoms with van der Waals surface area (Å²) in [6.45, 7) is 0.296. The normalized spacial score (nSPS) is 11.4. The van der Waals surface area contributed by atoms with E-state index in [1.165, 1.54) is 13.2 Å². The molecule has 0 aromatic heterocycles. The molecular weight excluding hydrogens is 385 g/mol. The third-order valence-electron chi connectivity index (χ3n) is 3.75. The number of carbonyl (C=O) groups is 1. The molecule has 0 saturated heterocycles. The zero-order valence-corrected chi connectivity index (χ0v) is 14.9. The van der Waals surface area contributed by atoms with Gasteiger partial charge in [-0.2, -0.15) is 13.2 Å². The van der Waals surface area contributed by atoms with Gasteiger partial charge in [0.05, 0.1) is 17.9 Å². The van der Waals surface area contributed by atoms with Crippen molar-refractivity contribution in [3.05, 3.63) is 59.2 Å². The van der Waals surface area contributed by atoms with Crippen molar-refractivity contribution in [1.29, 1.82) is 0 Å². The first kappa shape index (κ1) is 21.6. The van der Waals surface area contributed by atoms with Crippen molar-refractivity contribution in [2.24, 2.45) is 0 Å². The summed E-state index contributed by atoms with van der Waals surface area (Å²) in [4.78, 5) is 12.1. The van der Waals surface area contributed by atoms with E-state index in [-0.39, 0.29) is 37.5 Å². The van der Waals surface area contributed by atoms with E-state index in [2.05, 4.69) is 5.32 Å². The molecule has 0 heterocycles. The number of amides is 1. The van der Waals surface area contributed by atoms with Gasteiger partial charge in [-0.1, -0.05) is 6.07 Å². The van der Waals surface area contributed by atoms with E-state index in [0.717, 1.165) is 30.3 Å². The highest BCUT2D eigenvalue weighted by atomic mass is 19.4. The number of anilines is 1. The lowest BCUT2D eigenvalue weighted by molar-refractivity contribution is -0.137. The monoisotopic (exact) mass is 403 g/mol. The molecule has 4 nitrogen and oxygen atoms in total. The smallest absolute Gasteiger partial charge is 0.416 e. The first-order valence-corrected chi connectivity index (χ1v) is 8.27. The maximum absolute atomic E-state index is 13.2. The van der Waals surface area contributed by atoms with Gasteiger partial charge in [0, 0.05) is 13.5 Å². The van der Waals surface area contributed by atoms with E-state index in [9.17, 15) is 26.7 Å². The summed E-state index contributed by atoms with van der Waals surface area (Å²) in [5, 5.41) is 2.37. The van der Waals surface area contributed by atoms with Crippen molar-refractivity contribution in [1.82, 2.24) is 0 Å². The Morgan fingerprint density at radius 1 is 1.04 bits per heavy atom. The Bertz CT molecular complexity index is 824. The van der Waals surface area contributed by atoms with Crippen molar-refractivity contribution in [3.8, 4) is 5.75 Å². The molecule has 2 aromatic carbocycles. The lowest BCUT2D eigenvalue weighted by Crippen LogP contribution is -2.15. The second-order valence-corrected chi connectivity index (χ2v) is 5.85. The van der Waals surface area contributed by atoms with Crippen LogP contribution in [-0.4, -0.2) is 26.2 Å². The molecule has 2 aromatic rings. The molecule has 0 aliphatic heterocycles. The number of halogens is 5. The average Bonchev–Trinajstić information content (AvgIpc) is 2.63. The first-order chi connectivity index (χ1) is 13.2. The number of hydrogen-bond donors (Lipinski definition) is 1. The Balaban J connectivity index is 2.09. The molecule has 1 amide bonds. The van der Waals surface area contributed by atoms with E-state index in [4.69, 9.17) is 9.47 Å². The Hall–Kier alpha value is -2.68. The van der Waals surface area contributed by atoms with Crippen LogP contribution in [0.5, 0.6) is 5.75 Å². The average molecular weight is 403 g/mol. The Morgan fingerprint density at radius 3 is 2.43 bits per heavy atom. The van der Waals surface area contributed by atoms with Crippen LogP contribution < -0.4 is 10.1 Å². The minimum Gasteiger partial charge on any atom is -0.489 e. The molecule has 0 atom stereocenters. The molecule has 0 spiro atoms. The molecule has 0 fully saturated rings. The molecule has 152 valence electrons. The molecule has 0 unspecified atom stereocenters. The van der Waals surface area contributed by atoms with Crippen LogP contribution >= 0.6 is 0 Å². The Labute approximate surface area is 158 Å². The first-order valence-electron chi connectivity index (χ1n) is 8.27. The minimum absolute atomic E-state index is 0.0613. The zero-order chi connectivity index (χ0) is 20.7. The molecular formula is C19H18F5NO3. The Kier molecular flexibility index (Phi) is 7.33.